The highest BCUT2D eigenvalue weighted by atomic mass is 32.2. The summed E-state index contributed by atoms with van der Waals surface area (Å²) in [5.41, 5.74) is 0.185. The summed E-state index contributed by atoms with van der Waals surface area (Å²) < 4.78 is 39.0. The van der Waals surface area contributed by atoms with Gasteiger partial charge in [0.25, 0.3) is 17.6 Å². The second kappa shape index (κ2) is 11.7. The van der Waals surface area contributed by atoms with Crippen molar-refractivity contribution >= 4 is 29.4 Å². The first-order chi connectivity index (χ1) is 19.2. The van der Waals surface area contributed by atoms with E-state index in [-0.39, 0.29) is 31.3 Å². The van der Waals surface area contributed by atoms with Gasteiger partial charge in [-0.25, -0.2) is 8.78 Å². The van der Waals surface area contributed by atoms with Crippen molar-refractivity contribution in [3.8, 4) is 0 Å². The van der Waals surface area contributed by atoms with Crippen LogP contribution in [0.15, 0.2) is 60.3 Å². The van der Waals surface area contributed by atoms with Crippen LogP contribution in [0.5, 0.6) is 0 Å². The van der Waals surface area contributed by atoms with Crippen molar-refractivity contribution in [3.05, 3.63) is 83.1 Å². The number of piperazine rings is 1. The van der Waals surface area contributed by atoms with Crippen LogP contribution >= 0.6 is 11.8 Å². The fourth-order valence-electron chi connectivity index (χ4n) is 5.20. The minimum atomic E-state index is -2.69. The van der Waals surface area contributed by atoms with Crippen LogP contribution in [0, 0.1) is 11.6 Å². The van der Waals surface area contributed by atoms with Crippen LogP contribution in [0.4, 0.5) is 8.78 Å². The fraction of sp³-hybridized carbons (Fsp3) is 0.393. The van der Waals surface area contributed by atoms with E-state index in [0.29, 0.717) is 24.7 Å². The summed E-state index contributed by atoms with van der Waals surface area (Å²) in [7, 11) is 0. The number of nitrogens with zero attached hydrogens (tertiary/aromatic N) is 2. The molecule has 3 aliphatic heterocycles. The number of ether oxygens (including phenoxy) is 2. The molecule has 2 aromatic rings. The van der Waals surface area contributed by atoms with Crippen LogP contribution in [0.25, 0.3) is 0 Å². The number of amides is 2. The van der Waals surface area contributed by atoms with Gasteiger partial charge < -0.3 is 29.7 Å². The molecular weight excluding hydrogens is 544 g/mol. The van der Waals surface area contributed by atoms with Gasteiger partial charge in [0, 0.05) is 24.4 Å². The average Bonchev–Trinajstić information content (AvgIpc) is 3.35. The number of thioether (sulfide) groups is 1. The Morgan fingerprint density at radius 3 is 2.73 bits per heavy atom. The quantitative estimate of drug-likeness (QED) is 0.346. The highest BCUT2D eigenvalue weighted by Crippen LogP contribution is 2.37. The van der Waals surface area contributed by atoms with Crippen LogP contribution in [-0.2, 0) is 37.0 Å². The topological polar surface area (TPSA) is 108 Å². The molecule has 3 heterocycles. The molecule has 9 nitrogen and oxygen atoms in total. The van der Waals surface area contributed by atoms with Crippen molar-refractivity contribution in [3.63, 3.8) is 0 Å². The van der Waals surface area contributed by atoms with Crippen molar-refractivity contribution in [1.29, 1.82) is 0 Å². The molecule has 0 aromatic heterocycles. The number of Topliss-reactive ketones (excluding diaryl/α,β-unsaturated/α-hetero) is 1. The number of carbonyl (C=O) groups excluding carboxylic acids is 3. The molecule has 2 unspecified atom stereocenters. The van der Waals surface area contributed by atoms with Gasteiger partial charge in [-0.2, -0.15) is 11.8 Å². The van der Waals surface area contributed by atoms with E-state index >= 15 is 0 Å². The SMILES string of the molecule is CSCC[C@H]1CO[C@@H]2CN3C=C(C(=O)NCc4ccc(F)cc4F)C(=O)C(O)(OCc4ccccc4)C3C(=O)N12. The molecule has 40 heavy (non-hydrogen) atoms. The molecule has 2 amide bonds. The Hall–Kier alpha value is -3.32. The van der Waals surface area contributed by atoms with E-state index in [1.54, 1.807) is 47.0 Å². The highest BCUT2D eigenvalue weighted by Gasteiger charge is 2.61. The summed E-state index contributed by atoms with van der Waals surface area (Å²) in [6.07, 6.45) is 3.23. The highest BCUT2D eigenvalue weighted by molar-refractivity contribution is 7.98. The van der Waals surface area contributed by atoms with E-state index in [9.17, 15) is 28.3 Å². The van der Waals surface area contributed by atoms with E-state index in [1.807, 2.05) is 6.26 Å². The lowest BCUT2D eigenvalue weighted by Crippen LogP contribution is -2.72. The van der Waals surface area contributed by atoms with Gasteiger partial charge in [-0.05, 0) is 30.1 Å². The molecule has 0 bridgehead atoms. The number of fused-ring (bicyclic) bond motifs is 2. The molecule has 2 aromatic carbocycles. The predicted octanol–water partition coefficient (Wildman–Crippen LogP) is 1.94. The molecule has 4 atom stereocenters. The summed E-state index contributed by atoms with van der Waals surface area (Å²) in [6.45, 7) is -0.126. The first-order valence-corrected chi connectivity index (χ1v) is 14.2. The number of benzene rings is 2. The molecule has 2 fully saturated rings. The van der Waals surface area contributed by atoms with Crippen LogP contribution < -0.4 is 5.32 Å². The molecular formula is C28H29F2N3O6S. The number of nitrogens with one attached hydrogen (secondary N) is 1. The second-order valence-electron chi connectivity index (χ2n) is 9.83. The fourth-order valence-corrected chi connectivity index (χ4v) is 5.70. The van der Waals surface area contributed by atoms with Crippen molar-refractivity contribution < 1.29 is 37.7 Å². The van der Waals surface area contributed by atoms with E-state index in [0.717, 1.165) is 11.8 Å². The van der Waals surface area contributed by atoms with Gasteiger partial charge in [-0.3, -0.25) is 14.4 Å². The summed E-state index contributed by atoms with van der Waals surface area (Å²) in [5.74, 6) is -6.05. The maximum absolute atomic E-state index is 14.1. The zero-order chi connectivity index (χ0) is 28.4. The first-order valence-electron chi connectivity index (χ1n) is 12.8. The third-order valence-electron chi connectivity index (χ3n) is 7.26. The summed E-state index contributed by atoms with van der Waals surface area (Å²) in [4.78, 5) is 43.7. The number of ketones is 1. The van der Waals surface area contributed by atoms with Crippen LogP contribution in [0.2, 0.25) is 0 Å². The molecule has 12 heteroatoms. The third kappa shape index (κ3) is 5.36. The normalized spacial score (nSPS) is 25.9. The standard InChI is InChI=1S/C28H29F2N3O6S/c1-40-10-9-20-16-38-23-14-32-13-21(26(35)31-12-18-7-8-19(29)11-22(18)30)25(34)28(37,24(32)27(36)33(20)23)39-15-17-5-3-2-4-6-17/h2-8,11,13,20,23-24,37H,9-10,12,14-16H2,1H3,(H,31,35)/t20-,23+,24?,28?/m0/s1. The molecule has 3 aliphatic rings. The zero-order valence-corrected chi connectivity index (χ0v) is 22.5. The molecule has 0 spiro atoms. The smallest absolute Gasteiger partial charge is 0.262 e. The number of aliphatic hydroxyl groups is 1. The Morgan fingerprint density at radius 2 is 2.00 bits per heavy atom. The van der Waals surface area contributed by atoms with E-state index in [4.69, 9.17) is 9.47 Å². The Morgan fingerprint density at radius 1 is 1.23 bits per heavy atom. The maximum Gasteiger partial charge on any atom is 0.262 e. The molecule has 5 rings (SSSR count). The number of halogens is 2. The number of carbonyl (C=O) groups is 3. The van der Waals surface area contributed by atoms with Crippen LogP contribution in [-0.4, -0.2) is 81.8 Å². The van der Waals surface area contributed by atoms with Gasteiger partial charge in [-0.15, -0.1) is 0 Å². The van der Waals surface area contributed by atoms with Crippen LogP contribution in [0.3, 0.4) is 0 Å². The zero-order valence-electron chi connectivity index (χ0n) is 21.7. The number of rotatable bonds is 9. The van der Waals surface area contributed by atoms with Crippen molar-refractivity contribution in [2.75, 3.05) is 25.2 Å². The third-order valence-corrected chi connectivity index (χ3v) is 7.91. The lowest BCUT2D eigenvalue weighted by molar-refractivity contribution is -0.243. The Balaban J connectivity index is 1.44. The molecule has 0 radical (unpaired) electrons. The number of hydrogen-bond acceptors (Lipinski definition) is 8. The minimum absolute atomic E-state index is 0.00602. The molecule has 2 N–H and O–H groups in total. The molecule has 2 saturated heterocycles. The van der Waals surface area contributed by atoms with Crippen molar-refractivity contribution in [1.82, 2.24) is 15.1 Å². The molecule has 0 aliphatic carbocycles. The van der Waals surface area contributed by atoms with Gasteiger partial charge in [0.05, 0.1) is 25.8 Å². The van der Waals surface area contributed by atoms with E-state index in [2.05, 4.69) is 5.32 Å². The largest absolute Gasteiger partial charge is 0.357 e. The Labute approximate surface area is 234 Å². The lowest BCUT2D eigenvalue weighted by atomic mass is 9.88. The monoisotopic (exact) mass is 573 g/mol. The number of hydrogen-bond donors (Lipinski definition) is 2. The van der Waals surface area contributed by atoms with Crippen molar-refractivity contribution in [2.24, 2.45) is 0 Å². The van der Waals surface area contributed by atoms with E-state index in [1.165, 1.54) is 17.2 Å². The second-order valence-corrected chi connectivity index (χ2v) is 10.8. The van der Waals surface area contributed by atoms with Gasteiger partial charge in [0.15, 0.2) is 6.04 Å². The maximum atomic E-state index is 14.1. The van der Waals surface area contributed by atoms with Gasteiger partial charge in [0.1, 0.15) is 23.4 Å². The first kappa shape index (κ1) is 28.2. The summed E-state index contributed by atoms with van der Waals surface area (Å²) >= 11 is 1.64. The van der Waals surface area contributed by atoms with Crippen molar-refractivity contribution in [2.45, 2.75) is 43.7 Å². The van der Waals surface area contributed by atoms with Gasteiger partial charge >= 0.3 is 0 Å². The van der Waals surface area contributed by atoms with E-state index < -0.39 is 52.9 Å². The summed E-state index contributed by atoms with van der Waals surface area (Å²) in [5, 5.41) is 14.2. The Kier molecular flexibility index (Phi) is 8.22. The summed E-state index contributed by atoms with van der Waals surface area (Å²) in [6, 6.07) is 10.1. The minimum Gasteiger partial charge on any atom is -0.357 e. The average molecular weight is 574 g/mol. The van der Waals surface area contributed by atoms with Gasteiger partial charge in [-0.1, -0.05) is 36.4 Å². The lowest BCUT2D eigenvalue weighted by Gasteiger charge is -2.50. The molecule has 212 valence electrons. The predicted molar refractivity (Wildman–Crippen MR) is 141 cm³/mol. The van der Waals surface area contributed by atoms with Gasteiger partial charge in [0.2, 0.25) is 5.78 Å². The van der Waals surface area contributed by atoms with Crippen LogP contribution in [0.1, 0.15) is 17.5 Å². The molecule has 0 saturated carbocycles. The Bertz CT molecular complexity index is 1330.